The zero-order chi connectivity index (χ0) is 12.3. The van der Waals surface area contributed by atoms with Gasteiger partial charge < -0.3 is 10.1 Å². The van der Waals surface area contributed by atoms with E-state index in [4.69, 9.17) is 4.74 Å². The van der Waals surface area contributed by atoms with E-state index < -0.39 is 0 Å². The Balaban J connectivity index is 2.17. The number of nitrogens with one attached hydrogen (secondary N) is 1. The molecule has 0 aliphatic carbocycles. The van der Waals surface area contributed by atoms with Crippen LogP contribution in [0.25, 0.3) is 0 Å². The Morgan fingerprint density at radius 1 is 1.41 bits per heavy atom. The Morgan fingerprint density at radius 3 is 2.88 bits per heavy atom. The average molecular weight is 233 g/mol. The van der Waals surface area contributed by atoms with E-state index in [-0.39, 0.29) is 0 Å². The third-order valence-electron chi connectivity index (χ3n) is 3.86. The molecule has 1 aromatic rings. The van der Waals surface area contributed by atoms with Gasteiger partial charge in [-0.05, 0) is 25.5 Å². The molecule has 0 aromatic heterocycles. The molecule has 0 radical (unpaired) electrons. The van der Waals surface area contributed by atoms with Crippen LogP contribution in [-0.4, -0.2) is 19.7 Å². The molecule has 94 valence electrons. The lowest BCUT2D eigenvalue weighted by Crippen LogP contribution is -2.38. The summed E-state index contributed by atoms with van der Waals surface area (Å²) in [6.07, 6.45) is 2.51. The Bertz CT molecular complexity index is 364. The molecule has 17 heavy (non-hydrogen) atoms. The molecule has 0 saturated carbocycles. The van der Waals surface area contributed by atoms with E-state index in [9.17, 15) is 0 Å². The summed E-state index contributed by atoms with van der Waals surface area (Å²) < 4.78 is 5.78. The summed E-state index contributed by atoms with van der Waals surface area (Å²) in [4.78, 5) is 0. The topological polar surface area (TPSA) is 21.3 Å². The molecule has 0 bridgehead atoms. The van der Waals surface area contributed by atoms with E-state index in [1.54, 1.807) is 0 Å². The molecule has 1 aromatic carbocycles. The molecule has 3 atom stereocenters. The van der Waals surface area contributed by atoms with Crippen molar-refractivity contribution >= 4 is 0 Å². The van der Waals surface area contributed by atoms with E-state index in [0.717, 1.165) is 12.4 Å². The van der Waals surface area contributed by atoms with Gasteiger partial charge in [-0.2, -0.15) is 0 Å². The normalized spacial score (nSPS) is 21.7. The van der Waals surface area contributed by atoms with Gasteiger partial charge >= 0.3 is 0 Å². The van der Waals surface area contributed by atoms with Gasteiger partial charge in [0.2, 0.25) is 0 Å². The Morgan fingerprint density at radius 2 is 2.18 bits per heavy atom. The van der Waals surface area contributed by atoms with Crippen LogP contribution in [0, 0.1) is 5.92 Å². The molecule has 0 saturated heterocycles. The van der Waals surface area contributed by atoms with Gasteiger partial charge in [0.15, 0.2) is 0 Å². The second kappa shape index (κ2) is 5.54. The summed E-state index contributed by atoms with van der Waals surface area (Å²) in [7, 11) is 2.07. The highest BCUT2D eigenvalue weighted by Gasteiger charge is 2.32. The summed E-state index contributed by atoms with van der Waals surface area (Å²) in [5.74, 6) is 2.25. The second-order valence-corrected chi connectivity index (χ2v) is 5.04. The van der Waals surface area contributed by atoms with Crippen LogP contribution in [-0.2, 0) is 0 Å². The van der Waals surface area contributed by atoms with Crippen molar-refractivity contribution in [2.24, 2.45) is 5.92 Å². The lowest BCUT2D eigenvalue weighted by molar-refractivity contribution is 0.261. The Labute approximate surface area is 104 Å². The van der Waals surface area contributed by atoms with E-state index in [1.165, 1.54) is 18.4 Å². The molecule has 3 unspecified atom stereocenters. The van der Waals surface area contributed by atoms with Gasteiger partial charge in [0, 0.05) is 17.5 Å². The molecule has 2 nitrogen and oxygen atoms in total. The van der Waals surface area contributed by atoms with Crippen LogP contribution in [0.15, 0.2) is 24.3 Å². The lowest BCUT2D eigenvalue weighted by Gasteiger charge is -2.28. The van der Waals surface area contributed by atoms with Gasteiger partial charge in [-0.3, -0.25) is 0 Å². The summed E-state index contributed by atoms with van der Waals surface area (Å²) in [6, 6.07) is 8.95. The largest absolute Gasteiger partial charge is 0.493 e. The zero-order valence-electron chi connectivity index (χ0n) is 11.1. The van der Waals surface area contributed by atoms with Crippen molar-refractivity contribution in [2.75, 3.05) is 13.7 Å². The number of rotatable bonds is 5. The van der Waals surface area contributed by atoms with Crippen LogP contribution >= 0.6 is 0 Å². The van der Waals surface area contributed by atoms with Crippen molar-refractivity contribution in [2.45, 2.75) is 38.6 Å². The quantitative estimate of drug-likeness (QED) is 0.843. The van der Waals surface area contributed by atoms with Gasteiger partial charge in [0.05, 0.1) is 6.61 Å². The van der Waals surface area contributed by atoms with Crippen LogP contribution < -0.4 is 10.1 Å². The minimum Gasteiger partial charge on any atom is -0.493 e. The number of para-hydroxylation sites is 1. The van der Waals surface area contributed by atoms with Gasteiger partial charge in [0.25, 0.3) is 0 Å². The molecule has 1 aliphatic heterocycles. The van der Waals surface area contributed by atoms with Crippen LogP contribution in [0.4, 0.5) is 0 Å². The molecule has 0 fully saturated rings. The summed E-state index contributed by atoms with van der Waals surface area (Å²) in [5, 5.41) is 3.49. The number of benzene rings is 1. The predicted octanol–water partition coefficient (Wildman–Crippen LogP) is 3.19. The van der Waals surface area contributed by atoms with E-state index in [2.05, 4.69) is 44.4 Å². The molecule has 0 amide bonds. The first kappa shape index (κ1) is 12.4. The second-order valence-electron chi connectivity index (χ2n) is 5.04. The van der Waals surface area contributed by atoms with Crippen molar-refractivity contribution in [3.05, 3.63) is 29.8 Å². The van der Waals surface area contributed by atoms with Crippen LogP contribution in [0.5, 0.6) is 5.75 Å². The molecule has 0 spiro atoms. The SMILES string of the molecule is CCCC(C)C(NC)C1COc2ccccc21. The monoisotopic (exact) mass is 233 g/mol. The number of hydrogen-bond acceptors (Lipinski definition) is 2. The van der Waals surface area contributed by atoms with Crippen LogP contribution in [0.2, 0.25) is 0 Å². The first-order valence-electron chi connectivity index (χ1n) is 6.67. The molecule has 1 N–H and O–H groups in total. The summed E-state index contributed by atoms with van der Waals surface area (Å²) in [5.41, 5.74) is 1.37. The molecule has 1 heterocycles. The minimum atomic E-state index is 0.498. The van der Waals surface area contributed by atoms with E-state index >= 15 is 0 Å². The fourth-order valence-corrected chi connectivity index (χ4v) is 3.00. The smallest absolute Gasteiger partial charge is 0.122 e. The molecular formula is C15H23NO. The van der Waals surface area contributed by atoms with Gasteiger partial charge in [0.1, 0.15) is 5.75 Å². The number of likely N-dealkylation sites (N-methyl/N-ethyl adjacent to an activating group) is 1. The minimum absolute atomic E-state index is 0.498. The first-order chi connectivity index (χ1) is 8.27. The summed E-state index contributed by atoms with van der Waals surface area (Å²) in [6.45, 7) is 5.41. The van der Waals surface area contributed by atoms with E-state index in [0.29, 0.717) is 17.9 Å². The number of fused-ring (bicyclic) bond motifs is 1. The van der Waals surface area contributed by atoms with Crippen LogP contribution in [0.3, 0.4) is 0 Å². The maximum Gasteiger partial charge on any atom is 0.122 e. The molecule has 2 heteroatoms. The highest BCUT2D eigenvalue weighted by Crippen LogP contribution is 2.38. The van der Waals surface area contributed by atoms with Crippen molar-refractivity contribution in [3.63, 3.8) is 0 Å². The average Bonchev–Trinajstić information content (AvgIpc) is 2.75. The highest BCUT2D eigenvalue weighted by atomic mass is 16.5. The van der Waals surface area contributed by atoms with Gasteiger partial charge in [-0.1, -0.05) is 38.5 Å². The maximum absolute atomic E-state index is 5.78. The first-order valence-corrected chi connectivity index (χ1v) is 6.67. The van der Waals surface area contributed by atoms with Gasteiger partial charge in [-0.15, -0.1) is 0 Å². The van der Waals surface area contributed by atoms with Crippen molar-refractivity contribution < 1.29 is 4.74 Å². The van der Waals surface area contributed by atoms with Crippen molar-refractivity contribution in [3.8, 4) is 5.75 Å². The Kier molecular flexibility index (Phi) is 4.06. The third kappa shape index (κ3) is 2.47. The standard InChI is InChI=1S/C15H23NO/c1-4-7-11(2)15(16-3)13-10-17-14-9-6-5-8-12(13)14/h5-6,8-9,11,13,15-16H,4,7,10H2,1-3H3. The zero-order valence-corrected chi connectivity index (χ0v) is 11.1. The van der Waals surface area contributed by atoms with Gasteiger partial charge in [-0.25, -0.2) is 0 Å². The fourth-order valence-electron chi connectivity index (χ4n) is 3.00. The molecular weight excluding hydrogens is 210 g/mol. The highest BCUT2D eigenvalue weighted by molar-refractivity contribution is 5.40. The van der Waals surface area contributed by atoms with Crippen LogP contribution in [0.1, 0.15) is 38.2 Å². The lowest BCUT2D eigenvalue weighted by atomic mass is 9.83. The maximum atomic E-state index is 5.78. The number of ether oxygens (including phenoxy) is 1. The predicted molar refractivity (Wildman–Crippen MR) is 71.6 cm³/mol. The number of hydrogen-bond donors (Lipinski definition) is 1. The molecule has 2 rings (SSSR count). The van der Waals surface area contributed by atoms with Crippen molar-refractivity contribution in [1.29, 1.82) is 0 Å². The third-order valence-corrected chi connectivity index (χ3v) is 3.86. The van der Waals surface area contributed by atoms with Crippen molar-refractivity contribution in [1.82, 2.24) is 5.32 Å². The summed E-state index contributed by atoms with van der Waals surface area (Å²) >= 11 is 0. The Hall–Kier alpha value is -1.02. The van der Waals surface area contributed by atoms with E-state index in [1.807, 2.05) is 6.07 Å². The fraction of sp³-hybridized carbons (Fsp3) is 0.600. The molecule has 1 aliphatic rings.